The second-order valence-corrected chi connectivity index (χ2v) is 9.73. The van der Waals surface area contributed by atoms with Crippen molar-refractivity contribution in [3.63, 3.8) is 0 Å². The summed E-state index contributed by atoms with van der Waals surface area (Å²) in [4.78, 5) is 17.7. The van der Waals surface area contributed by atoms with Crippen LogP contribution in [0.25, 0.3) is 0 Å². The Labute approximate surface area is 184 Å². The Balaban J connectivity index is 2.06. The van der Waals surface area contributed by atoms with Crippen molar-refractivity contribution in [1.29, 1.82) is 0 Å². The summed E-state index contributed by atoms with van der Waals surface area (Å²) in [5.74, 6) is 1.97. The number of benzene rings is 1. The summed E-state index contributed by atoms with van der Waals surface area (Å²) in [6, 6.07) is 9.48. The molecule has 2 N–H and O–H groups in total. The van der Waals surface area contributed by atoms with E-state index in [1.54, 1.807) is 0 Å². The number of nitrogens with zero attached hydrogens (tertiary/aromatic N) is 1. The number of carbonyl (C=O) groups excluding carboxylic acids is 1. The first-order valence-electron chi connectivity index (χ1n) is 12.1. The second-order valence-electron chi connectivity index (χ2n) is 9.73. The van der Waals surface area contributed by atoms with Crippen LogP contribution in [-0.4, -0.2) is 30.9 Å². The Bertz CT molecular complexity index is 633. The fourth-order valence-corrected chi connectivity index (χ4v) is 4.16. The van der Waals surface area contributed by atoms with E-state index >= 15 is 0 Å². The van der Waals surface area contributed by atoms with E-state index in [0.29, 0.717) is 29.9 Å². The lowest BCUT2D eigenvalue weighted by Crippen LogP contribution is -2.35. The van der Waals surface area contributed by atoms with E-state index in [9.17, 15) is 4.79 Å². The van der Waals surface area contributed by atoms with E-state index in [1.165, 1.54) is 32.1 Å². The van der Waals surface area contributed by atoms with Crippen LogP contribution in [0.15, 0.2) is 35.3 Å². The second kappa shape index (κ2) is 13.6. The average Bonchev–Trinajstić information content (AvgIpc) is 2.72. The Kier molecular flexibility index (Phi) is 11.1. The molecule has 1 aromatic carbocycles. The van der Waals surface area contributed by atoms with E-state index < -0.39 is 0 Å². The highest BCUT2D eigenvalue weighted by atomic mass is 16.1. The highest BCUT2D eigenvalue weighted by Crippen LogP contribution is 2.27. The summed E-state index contributed by atoms with van der Waals surface area (Å²) in [7, 11) is 0. The zero-order valence-corrected chi connectivity index (χ0v) is 19.6. The molecule has 1 aliphatic rings. The first kappa shape index (κ1) is 24.6. The van der Waals surface area contributed by atoms with Crippen LogP contribution in [0.3, 0.4) is 0 Å². The van der Waals surface area contributed by atoms with Crippen LogP contribution in [0.4, 0.5) is 0 Å². The molecule has 4 heteroatoms. The van der Waals surface area contributed by atoms with Crippen molar-refractivity contribution in [3.8, 4) is 0 Å². The molecule has 0 aromatic heterocycles. The van der Waals surface area contributed by atoms with Gasteiger partial charge in [-0.05, 0) is 55.7 Å². The molecular weight excluding hydrogens is 370 g/mol. The first-order chi connectivity index (χ1) is 14.4. The summed E-state index contributed by atoms with van der Waals surface area (Å²) < 4.78 is 0. The molecule has 4 nitrogen and oxygen atoms in total. The molecule has 0 aliphatic heterocycles. The maximum absolute atomic E-state index is 12.6. The van der Waals surface area contributed by atoms with Crippen molar-refractivity contribution in [3.05, 3.63) is 35.9 Å². The van der Waals surface area contributed by atoms with Crippen LogP contribution in [-0.2, 0) is 0 Å². The van der Waals surface area contributed by atoms with Crippen LogP contribution < -0.4 is 10.6 Å². The van der Waals surface area contributed by atoms with E-state index in [4.69, 9.17) is 4.99 Å². The van der Waals surface area contributed by atoms with Crippen molar-refractivity contribution >= 4 is 11.6 Å². The minimum atomic E-state index is -0.0138. The lowest BCUT2D eigenvalue weighted by Gasteiger charge is -2.24. The number of carbonyl (C=O) groups is 1. The van der Waals surface area contributed by atoms with Gasteiger partial charge in [0.15, 0.2) is 0 Å². The Hall–Kier alpha value is -1.68. The molecule has 1 amide bonds. The van der Waals surface area contributed by atoms with Gasteiger partial charge in [-0.25, -0.2) is 0 Å². The van der Waals surface area contributed by atoms with Gasteiger partial charge in [0.1, 0.15) is 0 Å². The molecule has 1 atom stereocenters. The molecule has 1 aliphatic carbocycles. The minimum absolute atomic E-state index is 0.0138. The average molecular weight is 414 g/mol. The Morgan fingerprint density at radius 1 is 1.03 bits per heavy atom. The molecule has 0 unspecified atom stereocenters. The van der Waals surface area contributed by atoms with E-state index in [2.05, 4.69) is 38.3 Å². The zero-order valence-electron chi connectivity index (χ0n) is 19.6. The Morgan fingerprint density at radius 3 is 2.37 bits per heavy atom. The van der Waals surface area contributed by atoms with Crippen molar-refractivity contribution in [1.82, 2.24) is 10.6 Å². The molecule has 0 spiro atoms. The quantitative estimate of drug-likeness (QED) is 0.423. The molecule has 0 bridgehead atoms. The van der Waals surface area contributed by atoms with Crippen molar-refractivity contribution < 1.29 is 4.79 Å². The minimum Gasteiger partial charge on any atom is -0.347 e. The number of amides is 1. The molecule has 30 heavy (non-hydrogen) atoms. The Morgan fingerprint density at radius 2 is 1.73 bits per heavy atom. The predicted octanol–water partition coefficient (Wildman–Crippen LogP) is 5.84. The van der Waals surface area contributed by atoms with Crippen LogP contribution in [0.5, 0.6) is 0 Å². The number of hydrogen-bond acceptors (Lipinski definition) is 3. The van der Waals surface area contributed by atoms with Crippen LogP contribution in [0.1, 0.15) is 89.4 Å². The third kappa shape index (κ3) is 9.88. The lowest BCUT2D eigenvalue weighted by molar-refractivity contribution is 0.0959. The maximum Gasteiger partial charge on any atom is 0.251 e. The van der Waals surface area contributed by atoms with E-state index in [1.807, 2.05) is 30.3 Å². The maximum atomic E-state index is 12.6. The van der Waals surface area contributed by atoms with Gasteiger partial charge >= 0.3 is 0 Å². The molecule has 168 valence electrons. The molecule has 0 radical (unpaired) electrons. The number of rotatable bonds is 12. The van der Waals surface area contributed by atoms with E-state index in [-0.39, 0.29) is 12.1 Å². The van der Waals surface area contributed by atoms with Gasteiger partial charge in [0.05, 0.1) is 12.7 Å². The summed E-state index contributed by atoms with van der Waals surface area (Å²) in [6.07, 6.45) is 9.94. The fourth-order valence-electron chi connectivity index (χ4n) is 4.16. The lowest BCUT2D eigenvalue weighted by atomic mass is 9.85. The number of nitrogens with one attached hydrogen (secondary N) is 2. The normalized spacial score (nSPS) is 16.8. The van der Waals surface area contributed by atoms with Crippen LogP contribution in [0, 0.1) is 17.8 Å². The highest BCUT2D eigenvalue weighted by Gasteiger charge is 2.18. The monoisotopic (exact) mass is 413 g/mol. The van der Waals surface area contributed by atoms with Crippen LogP contribution in [0.2, 0.25) is 0 Å². The highest BCUT2D eigenvalue weighted by molar-refractivity contribution is 5.97. The van der Waals surface area contributed by atoms with Gasteiger partial charge in [0.25, 0.3) is 5.91 Å². The van der Waals surface area contributed by atoms with Crippen molar-refractivity contribution in [2.45, 2.75) is 85.2 Å². The largest absolute Gasteiger partial charge is 0.347 e. The SMILES string of the molecule is CC(C)CCN[C@@H](CC(C)C)N=C(CNC(=O)c1ccccc1)CC1CCCCC1. The predicted molar refractivity (Wildman–Crippen MR) is 128 cm³/mol. The fraction of sp³-hybridized carbons (Fsp3) is 0.692. The summed E-state index contributed by atoms with van der Waals surface area (Å²) in [6.45, 7) is 10.6. The smallest absolute Gasteiger partial charge is 0.251 e. The number of hydrogen-bond donors (Lipinski definition) is 2. The van der Waals surface area contributed by atoms with Gasteiger partial charge in [0, 0.05) is 11.3 Å². The third-order valence-electron chi connectivity index (χ3n) is 5.87. The van der Waals surface area contributed by atoms with Gasteiger partial charge in [-0.15, -0.1) is 0 Å². The van der Waals surface area contributed by atoms with Gasteiger partial charge in [-0.2, -0.15) is 0 Å². The molecule has 0 heterocycles. The van der Waals surface area contributed by atoms with Crippen molar-refractivity contribution in [2.75, 3.05) is 13.1 Å². The van der Waals surface area contributed by atoms with Gasteiger partial charge in [-0.3, -0.25) is 15.1 Å². The summed E-state index contributed by atoms with van der Waals surface area (Å²) in [5, 5.41) is 6.79. The van der Waals surface area contributed by atoms with Gasteiger partial charge < -0.3 is 5.32 Å². The molecular formula is C26H43N3O. The molecule has 1 saturated carbocycles. The van der Waals surface area contributed by atoms with Crippen LogP contribution >= 0.6 is 0 Å². The van der Waals surface area contributed by atoms with Gasteiger partial charge in [-0.1, -0.05) is 78.0 Å². The molecule has 0 saturated heterocycles. The summed E-state index contributed by atoms with van der Waals surface area (Å²) >= 11 is 0. The third-order valence-corrected chi connectivity index (χ3v) is 5.87. The first-order valence-corrected chi connectivity index (χ1v) is 12.1. The standard InChI is InChI=1S/C26H43N3O/c1-20(2)15-16-27-25(17-21(3)4)29-24(18-22-11-7-5-8-12-22)19-28-26(30)23-13-9-6-10-14-23/h6,9-10,13-14,20-22,25,27H,5,7-8,11-12,15-19H2,1-4H3,(H,28,30)/t25-/m1/s1. The number of aliphatic imine (C=N–C) groups is 1. The molecule has 1 fully saturated rings. The summed E-state index contributed by atoms with van der Waals surface area (Å²) in [5.41, 5.74) is 1.86. The molecule has 2 rings (SSSR count). The topological polar surface area (TPSA) is 53.5 Å². The van der Waals surface area contributed by atoms with Gasteiger partial charge in [0.2, 0.25) is 0 Å². The van der Waals surface area contributed by atoms with Crippen molar-refractivity contribution in [2.24, 2.45) is 22.7 Å². The zero-order chi connectivity index (χ0) is 21.8. The van der Waals surface area contributed by atoms with E-state index in [0.717, 1.165) is 31.5 Å². The molecule has 1 aromatic rings.